The van der Waals surface area contributed by atoms with Gasteiger partial charge in [0.05, 0.1) is 5.52 Å². The summed E-state index contributed by atoms with van der Waals surface area (Å²) in [6.45, 7) is 8.66. The number of carboxylic acid groups (broad SMARTS) is 2. The highest BCUT2D eigenvalue weighted by Crippen LogP contribution is 2.33. The smallest absolute Gasteiger partial charge is 0.328 e. The molecule has 1 unspecified atom stereocenters. The number of likely N-dealkylation sites (tertiary alicyclic amines) is 2. The molecule has 48 heavy (non-hydrogen) atoms. The van der Waals surface area contributed by atoms with Crippen molar-refractivity contribution in [3.63, 3.8) is 0 Å². The second-order valence-corrected chi connectivity index (χ2v) is 12.8. The number of β-amino-alcohol motifs (C(OH)–C–C–N with tert-alkyl or cyclic N) is 1. The van der Waals surface area contributed by atoms with Crippen molar-refractivity contribution in [2.24, 2.45) is 0 Å². The van der Waals surface area contributed by atoms with E-state index in [-0.39, 0.29) is 18.6 Å². The molecule has 2 aliphatic rings. The van der Waals surface area contributed by atoms with E-state index in [0.717, 1.165) is 74.2 Å². The topological polar surface area (TPSA) is 133 Å². The number of hydrogen-bond acceptors (Lipinski definition) is 6. The average Bonchev–Trinajstić information content (AvgIpc) is 3.76. The first kappa shape index (κ1) is 34.7. The van der Waals surface area contributed by atoms with Crippen molar-refractivity contribution in [2.75, 3.05) is 39.3 Å². The summed E-state index contributed by atoms with van der Waals surface area (Å²) >= 11 is 0. The van der Waals surface area contributed by atoms with Gasteiger partial charge < -0.3 is 34.4 Å². The summed E-state index contributed by atoms with van der Waals surface area (Å²) in [6.07, 6.45) is 4.88. The predicted molar refractivity (Wildman–Crippen MR) is 186 cm³/mol. The number of carboxylic acids is 2. The first-order valence-corrected chi connectivity index (χ1v) is 16.7. The van der Waals surface area contributed by atoms with Gasteiger partial charge in [0.25, 0.3) is 5.91 Å². The molecule has 0 aliphatic carbocycles. The molecular formula is C38H45N3O7. The molecule has 1 aromatic heterocycles. The summed E-state index contributed by atoms with van der Waals surface area (Å²) in [5, 5.41) is 30.0. The van der Waals surface area contributed by atoms with Crippen LogP contribution in [0.4, 0.5) is 0 Å². The highest BCUT2D eigenvalue weighted by molar-refractivity contribution is 6.00. The van der Waals surface area contributed by atoms with E-state index in [4.69, 9.17) is 14.9 Å². The number of carbonyl (C=O) groups excluding carboxylic acids is 1. The zero-order valence-corrected chi connectivity index (χ0v) is 27.6. The highest BCUT2D eigenvalue weighted by atomic mass is 16.5. The zero-order valence-electron chi connectivity index (χ0n) is 27.6. The molecule has 0 spiro atoms. The van der Waals surface area contributed by atoms with Crippen molar-refractivity contribution in [3.05, 3.63) is 90.1 Å². The molecular weight excluding hydrogens is 610 g/mol. The fraction of sp³-hybridized carbons (Fsp3) is 0.395. The van der Waals surface area contributed by atoms with Gasteiger partial charge in [-0.3, -0.25) is 4.79 Å². The lowest BCUT2D eigenvalue weighted by molar-refractivity contribution is -0.134. The van der Waals surface area contributed by atoms with Gasteiger partial charge in [0.1, 0.15) is 24.2 Å². The van der Waals surface area contributed by atoms with E-state index in [2.05, 4.69) is 71.8 Å². The number of nitrogens with zero attached hydrogens (tertiary/aromatic N) is 3. The Bertz CT molecular complexity index is 1750. The Hall–Kier alpha value is -4.67. The third-order valence-corrected chi connectivity index (χ3v) is 9.07. The highest BCUT2D eigenvalue weighted by Gasteiger charge is 2.26. The van der Waals surface area contributed by atoms with Crippen LogP contribution in [0.5, 0.6) is 5.75 Å². The van der Waals surface area contributed by atoms with Crippen LogP contribution in [-0.2, 0) is 9.59 Å². The Kier molecular flexibility index (Phi) is 11.5. The van der Waals surface area contributed by atoms with Crippen molar-refractivity contribution in [3.8, 4) is 5.75 Å². The summed E-state index contributed by atoms with van der Waals surface area (Å²) < 4.78 is 8.32. The van der Waals surface area contributed by atoms with E-state index in [9.17, 15) is 19.5 Å². The zero-order chi connectivity index (χ0) is 34.2. The van der Waals surface area contributed by atoms with Gasteiger partial charge in [-0.05, 0) is 93.1 Å². The Balaban J connectivity index is 0.000000503. The molecule has 10 nitrogen and oxygen atoms in total. The lowest BCUT2D eigenvalue weighted by atomic mass is 9.88. The monoisotopic (exact) mass is 655 g/mol. The SMILES string of the molecule is CC(C)n1c(C(=O)N2CCCC2)cc2c(OCC(O)CN3CCC(c4ccc5ccccc5c4)CC3)cccc21.O=C(O)C=CC(=O)O. The lowest BCUT2D eigenvalue weighted by Gasteiger charge is -2.33. The Morgan fingerprint density at radius 2 is 1.52 bits per heavy atom. The normalized spacial score (nSPS) is 16.4. The Morgan fingerprint density at radius 1 is 0.854 bits per heavy atom. The standard InChI is InChI=1S/C34H41N3O3.C4H4O4/c1-24(2)37-31-10-7-11-33(30(31)21-32(37)34(39)36-16-5-6-17-36)40-23-29(38)22-35-18-14-26(15-19-35)28-13-12-25-8-3-4-9-27(25)20-28;5-3(6)1-2-4(7)8/h3-4,7-13,20-21,24,26,29,38H,5-6,14-19,22-23H2,1-2H3;1-2H,(H,5,6)(H,7,8). The van der Waals surface area contributed by atoms with Gasteiger partial charge >= 0.3 is 11.9 Å². The molecule has 6 rings (SSSR count). The van der Waals surface area contributed by atoms with Crippen molar-refractivity contribution >= 4 is 39.5 Å². The third-order valence-electron chi connectivity index (χ3n) is 9.07. The Labute approximate surface area is 280 Å². The number of fused-ring (bicyclic) bond motifs is 2. The van der Waals surface area contributed by atoms with Crippen LogP contribution in [0.25, 0.3) is 21.7 Å². The molecule has 254 valence electrons. The molecule has 3 N–H and O–H groups in total. The van der Waals surface area contributed by atoms with E-state index in [1.807, 2.05) is 23.1 Å². The number of rotatable bonds is 10. The van der Waals surface area contributed by atoms with Crippen LogP contribution < -0.4 is 4.74 Å². The largest absolute Gasteiger partial charge is 0.490 e. The summed E-state index contributed by atoms with van der Waals surface area (Å²) in [5.74, 6) is -1.13. The molecule has 2 aliphatic heterocycles. The molecule has 0 bridgehead atoms. The first-order valence-electron chi connectivity index (χ1n) is 16.7. The number of ether oxygens (including phenoxy) is 1. The van der Waals surface area contributed by atoms with Crippen molar-refractivity contribution in [2.45, 2.75) is 57.6 Å². The Morgan fingerprint density at radius 3 is 2.17 bits per heavy atom. The van der Waals surface area contributed by atoms with Gasteiger partial charge in [-0.25, -0.2) is 9.59 Å². The maximum absolute atomic E-state index is 13.3. The van der Waals surface area contributed by atoms with E-state index in [1.54, 1.807) is 0 Å². The summed E-state index contributed by atoms with van der Waals surface area (Å²) in [5.41, 5.74) is 3.14. The molecule has 3 heterocycles. The predicted octanol–water partition coefficient (Wildman–Crippen LogP) is 5.94. The van der Waals surface area contributed by atoms with Crippen LogP contribution in [0.2, 0.25) is 0 Å². The lowest BCUT2D eigenvalue weighted by Crippen LogP contribution is -2.40. The van der Waals surface area contributed by atoms with Crippen molar-refractivity contribution < 1.29 is 34.4 Å². The average molecular weight is 656 g/mol. The summed E-state index contributed by atoms with van der Waals surface area (Å²) in [7, 11) is 0. The summed E-state index contributed by atoms with van der Waals surface area (Å²) in [6, 6.07) is 23.5. The molecule has 0 radical (unpaired) electrons. The van der Waals surface area contributed by atoms with E-state index < -0.39 is 18.0 Å². The van der Waals surface area contributed by atoms with Gasteiger partial charge in [-0.15, -0.1) is 0 Å². The number of amides is 1. The first-order chi connectivity index (χ1) is 23.1. The second-order valence-electron chi connectivity index (χ2n) is 12.8. The van der Waals surface area contributed by atoms with E-state index in [0.29, 0.717) is 24.6 Å². The van der Waals surface area contributed by atoms with Crippen molar-refractivity contribution in [1.82, 2.24) is 14.4 Å². The van der Waals surface area contributed by atoms with Crippen LogP contribution in [0, 0.1) is 0 Å². The number of aliphatic carboxylic acids is 2. The van der Waals surface area contributed by atoms with Gasteiger partial charge in [-0.2, -0.15) is 0 Å². The van der Waals surface area contributed by atoms with Crippen LogP contribution in [0.3, 0.4) is 0 Å². The van der Waals surface area contributed by atoms with Gasteiger partial charge in [0.15, 0.2) is 0 Å². The molecule has 1 amide bonds. The molecule has 3 aromatic carbocycles. The van der Waals surface area contributed by atoms with Gasteiger partial charge in [-0.1, -0.05) is 48.5 Å². The minimum atomic E-state index is -1.26. The van der Waals surface area contributed by atoms with Crippen LogP contribution in [0.1, 0.15) is 67.5 Å². The third kappa shape index (κ3) is 8.62. The van der Waals surface area contributed by atoms with E-state index >= 15 is 0 Å². The summed E-state index contributed by atoms with van der Waals surface area (Å²) in [4.78, 5) is 36.8. The second kappa shape index (κ2) is 16.0. The fourth-order valence-corrected chi connectivity index (χ4v) is 6.74. The molecule has 2 saturated heterocycles. The number of piperidine rings is 1. The number of carbonyl (C=O) groups is 3. The molecule has 4 aromatic rings. The number of aliphatic hydroxyl groups excluding tert-OH is 1. The minimum Gasteiger partial charge on any atom is -0.490 e. The van der Waals surface area contributed by atoms with Gasteiger partial charge in [0, 0.05) is 43.2 Å². The quantitative estimate of drug-likeness (QED) is 0.179. The fourth-order valence-electron chi connectivity index (χ4n) is 6.74. The number of benzene rings is 3. The van der Waals surface area contributed by atoms with Crippen molar-refractivity contribution in [1.29, 1.82) is 0 Å². The maximum Gasteiger partial charge on any atom is 0.328 e. The number of aliphatic hydroxyl groups is 1. The maximum atomic E-state index is 13.3. The molecule has 10 heteroatoms. The molecule has 2 fully saturated rings. The number of aromatic nitrogens is 1. The van der Waals surface area contributed by atoms with Gasteiger partial charge in [0.2, 0.25) is 0 Å². The van der Waals surface area contributed by atoms with Crippen LogP contribution in [0.15, 0.2) is 78.9 Å². The minimum absolute atomic E-state index is 0.0977. The van der Waals surface area contributed by atoms with Crippen LogP contribution >= 0.6 is 0 Å². The number of hydrogen-bond donors (Lipinski definition) is 3. The van der Waals surface area contributed by atoms with Crippen LogP contribution in [-0.4, -0.2) is 93.0 Å². The van der Waals surface area contributed by atoms with E-state index in [1.165, 1.54) is 16.3 Å². The molecule has 1 atom stereocenters. The molecule has 0 saturated carbocycles.